The van der Waals surface area contributed by atoms with Gasteiger partial charge in [-0.3, -0.25) is 0 Å². The normalized spacial score (nSPS) is 13.0. The molecule has 24 heavy (non-hydrogen) atoms. The number of anilines is 1. The molecule has 1 aliphatic heterocycles. The third-order valence-corrected chi connectivity index (χ3v) is 5.46. The van der Waals surface area contributed by atoms with Gasteiger partial charge in [0.05, 0.1) is 0 Å². The molecule has 0 radical (unpaired) electrons. The van der Waals surface area contributed by atoms with E-state index in [9.17, 15) is 4.79 Å². The van der Waals surface area contributed by atoms with Crippen LogP contribution in [0.3, 0.4) is 0 Å². The topological polar surface area (TPSA) is 44.4 Å². The van der Waals surface area contributed by atoms with E-state index < -0.39 is 0 Å². The molecule has 5 heteroatoms. The van der Waals surface area contributed by atoms with Gasteiger partial charge in [0.2, 0.25) is 0 Å². The Bertz CT molecular complexity index is 760. The Balaban J connectivity index is 1.72. The Morgan fingerprint density at radius 1 is 1.21 bits per heavy atom. The second kappa shape index (κ2) is 7.36. The van der Waals surface area contributed by atoms with Crippen molar-refractivity contribution in [2.45, 2.75) is 33.5 Å². The number of hydrogen-bond donors (Lipinski definition) is 2. The van der Waals surface area contributed by atoms with Gasteiger partial charge in [-0.2, -0.15) is 0 Å². The second-order valence-electron chi connectivity index (χ2n) is 6.06. The first-order valence-corrected chi connectivity index (χ1v) is 9.01. The lowest BCUT2D eigenvalue weighted by atomic mass is 10.1. The molecule has 0 aromatic heterocycles. The van der Waals surface area contributed by atoms with E-state index in [1.807, 2.05) is 29.2 Å². The van der Waals surface area contributed by atoms with Crippen LogP contribution < -0.4 is 10.6 Å². The van der Waals surface area contributed by atoms with Crippen LogP contribution in [0.1, 0.15) is 29.2 Å². The van der Waals surface area contributed by atoms with Gasteiger partial charge < -0.3 is 15.5 Å². The molecular weight excluding hydrogens is 366 g/mol. The lowest BCUT2D eigenvalue weighted by molar-refractivity contribution is 0.212. The summed E-state index contributed by atoms with van der Waals surface area (Å²) in [7, 11) is 0. The van der Waals surface area contributed by atoms with Crippen LogP contribution in [0.15, 0.2) is 40.9 Å². The first kappa shape index (κ1) is 17.0. The maximum atomic E-state index is 12.7. The number of aryl methyl sites for hydroxylation is 1. The maximum Gasteiger partial charge on any atom is 0.322 e. The van der Waals surface area contributed by atoms with Crippen molar-refractivity contribution < 1.29 is 4.79 Å². The highest BCUT2D eigenvalue weighted by Crippen LogP contribution is 2.32. The fourth-order valence-corrected chi connectivity index (χ4v) is 3.46. The van der Waals surface area contributed by atoms with Crippen molar-refractivity contribution >= 4 is 27.6 Å². The number of halogens is 1. The third-order valence-electron chi connectivity index (χ3n) is 4.36. The van der Waals surface area contributed by atoms with Gasteiger partial charge in [0.1, 0.15) is 0 Å². The summed E-state index contributed by atoms with van der Waals surface area (Å²) in [5.41, 5.74) is 5.60. The average molecular weight is 388 g/mol. The average Bonchev–Trinajstić information content (AvgIpc) is 3.02. The van der Waals surface area contributed by atoms with Crippen LogP contribution in [0.2, 0.25) is 0 Å². The number of carbonyl (C=O) groups excluding carboxylic acids is 1. The molecule has 0 bridgehead atoms. The van der Waals surface area contributed by atoms with Gasteiger partial charge in [0.15, 0.2) is 0 Å². The van der Waals surface area contributed by atoms with Gasteiger partial charge in [-0.1, -0.05) is 53.2 Å². The number of nitrogens with zero attached hydrogens (tertiary/aromatic N) is 1. The predicted molar refractivity (Wildman–Crippen MR) is 101 cm³/mol. The molecule has 0 atom stereocenters. The van der Waals surface area contributed by atoms with E-state index >= 15 is 0 Å². The first-order chi connectivity index (χ1) is 11.6. The van der Waals surface area contributed by atoms with Crippen LogP contribution >= 0.6 is 15.9 Å². The van der Waals surface area contributed by atoms with Gasteiger partial charge in [0.25, 0.3) is 0 Å². The number of rotatable bonds is 4. The fraction of sp³-hybridized carbons (Fsp3) is 0.316. The van der Waals surface area contributed by atoms with Crippen molar-refractivity contribution in [3.63, 3.8) is 0 Å². The molecule has 0 saturated carbocycles. The van der Waals surface area contributed by atoms with Gasteiger partial charge in [-0.15, -0.1) is 0 Å². The van der Waals surface area contributed by atoms with Crippen LogP contribution in [-0.2, 0) is 19.6 Å². The number of benzene rings is 2. The molecule has 2 amide bonds. The van der Waals surface area contributed by atoms with Crippen molar-refractivity contribution in [3.8, 4) is 0 Å². The highest BCUT2D eigenvalue weighted by molar-refractivity contribution is 9.10. The first-order valence-electron chi connectivity index (χ1n) is 8.21. The molecule has 0 aliphatic carbocycles. The minimum absolute atomic E-state index is 0.0558. The summed E-state index contributed by atoms with van der Waals surface area (Å²) in [5.74, 6) is 0. The summed E-state index contributed by atoms with van der Waals surface area (Å²) < 4.78 is 1.11. The predicted octanol–water partition coefficient (Wildman–Crippen LogP) is 4.41. The lowest BCUT2D eigenvalue weighted by Crippen LogP contribution is -2.30. The van der Waals surface area contributed by atoms with E-state index in [1.165, 1.54) is 16.7 Å². The molecule has 2 aromatic carbocycles. The molecule has 0 unspecified atom stereocenters. The van der Waals surface area contributed by atoms with Crippen LogP contribution in [0, 0.1) is 6.92 Å². The molecule has 0 spiro atoms. The van der Waals surface area contributed by atoms with E-state index in [2.05, 4.69) is 52.5 Å². The minimum atomic E-state index is -0.0558. The molecule has 1 heterocycles. The largest absolute Gasteiger partial charge is 0.322 e. The van der Waals surface area contributed by atoms with Gasteiger partial charge in [-0.25, -0.2) is 4.79 Å². The van der Waals surface area contributed by atoms with Crippen molar-refractivity contribution in [3.05, 3.63) is 63.1 Å². The van der Waals surface area contributed by atoms with Crippen LogP contribution in [0.4, 0.5) is 10.5 Å². The number of para-hydroxylation sites is 1. The number of carbonyl (C=O) groups is 1. The number of urea groups is 1. The molecule has 4 nitrogen and oxygen atoms in total. The smallest absolute Gasteiger partial charge is 0.316 e. The molecule has 0 saturated heterocycles. The zero-order valence-corrected chi connectivity index (χ0v) is 15.6. The van der Waals surface area contributed by atoms with Crippen molar-refractivity contribution in [2.75, 3.05) is 11.9 Å². The van der Waals surface area contributed by atoms with Gasteiger partial charge in [-0.05, 0) is 41.8 Å². The summed E-state index contributed by atoms with van der Waals surface area (Å²) in [6.07, 6.45) is 0. The quantitative estimate of drug-likeness (QED) is 0.815. The minimum Gasteiger partial charge on any atom is -0.316 e. The zero-order chi connectivity index (χ0) is 17.1. The maximum absolute atomic E-state index is 12.7. The number of amides is 2. The van der Waals surface area contributed by atoms with Crippen LogP contribution in [0.25, 0.3) is 0 Å². The third kappa shape index (κ3) is 3.47. The van der Waals surface area contributed by atoms with Gasteiger partial charge >= 0.3 is 6.03 Å². The van der Waals surface area contributed by atoms with E-state index in [0.717, 1.165) is 28.8 Å². The van der Waals surface area contributed by atoms with E-state index in [1.54, 1.807) is 0 Å². The Morgan fingerprint density at radius 2 is 2.00 bits per heavy atom. The Hall–Kier alpha value is -1.85. The highest BCUT2D eigenvalue weighted by atomic mass is 79.9. The summed E-state index contributed by atoms with van der Waals surface area (Å²) >= 11 is 3.65. The standard InChI is InChI=1S/C19H22BrN3O/c1-3-21-10-14-6-4-5-7-17(14)22-19(24)23-11-15-9-8-13(2)18(20)16(15)12-23/h4-9,21H,3,10-12H2,1-2H3,(H,22,24). The molecule has 3 rings (SSSR count). The zero-order valence-electron chi connectivity index (χ0n) is 14.0. The Kier molecular flexibility index (Phi) is 5.21. The Morgan fingerprint density at radius 3 is 2.79 bits per heavy atom. The summed E-state index contributed by atoms with van der Waals surface area (Å²) in [6, 6.07) is 12.1. The SMILES string of the molecule is CCNCc1ccccc1NC(=O)N1Cc2ccc(C)c(Br)c2C1. The number of nitrogens with one attached hydrogen (secondary N) is 2. The number of fused-ring (bicyclic) bond motifs is 1. The molecule has 126 valence electrons. The number of hydrogen-bond acceptors (Lipinski definition) is 2. The van der Waals surface area contributed by atoms with Crippen molar-refractivity contribution in [1.29, 1.82) is 0 Å². The van der Waals surface area contributed by atoms with Crippen molar-refractivity contribution in [1.82, 2.24) is 10.2 Å². The molecule has 2 N–H and O–H groups in total. The highest BCUT2D eigenvalue weighted by Gasteiger charge is 2.26. The van der Waals surface area contributed by atoms with Crippen LogP contribution in [0.5, 0.6) is 0 Å². The van der Waals surface area contributed by atoms with Gasteiger partial charge in [0, 0.05) is 29.8 Å². The van der Waals surface area contributed by atoms with Crippen molar-refractivity contribution in [2.24, 2.45) is 0 Å². The fourth-order valence-electron chi connectivity index (χ4n) is 2.94. The van der Waals surface area contributed by atoms with E-state index in [0.29, 0.717) is 13.1 Å². The Labute approximate surface area is 151 Å². The summed E-state index contributed by atoms with van der Waals surface area (Å²) in [4.78, 5) is 14.5. The molecular formula is C19H22BrN3O. The van der Waals surface area contributed by atoms with E-state index in [4.69, 9.17) is 0 Å². The lowest BCUT2D eigenvalue weighted by Gasteiger charge is -2.18. The summed E-state index contributed by atoms with van der Waals surface area (Å²) in [6.45, 7) is 7.08. The molecule has 1 aliphatic rings. The second-order valence-corrected chi connectivity index (χ2v) is 6.85. The van der Waals surface area contributed by atoms with E-state index in [-0.39, 0.29) is 6.03 Å². The molecule has 2 aromatic rings. The molecule has 0 fully saturated rings. The summed E-state index contributed by atoms with van der Waals surface area (Å²) in [5, 5.41) is 6.37. The van der Waals surface area contributed by atoms with Crippen LogP contribution in [-0.4, -0.2) is 17.5 Å². The monoisotopic (exact) mass is 387 g/mol.